The van der Waals surface area contributed by atoms with Gasteiger partial charge in [-0.3, -0.25) is 9.59 Å². The molecule has 1 fully saturated rings. The van der Waals surface area contributed by atoms with Crippen LogP contribution in [-0.4, -0.2) is 18.4 Å². The minimum atomic E-state index is -2.94. The fourth-order valence-electron chi connectivity index (χ4n) is 3.32. The van der Waals surface area contributed by atoms with Gasteiger partial charge in [-0.1, -0.05) is 30.3 Å². The number of hydrogen-bond donors (Lipinski definition) is 2. The molecule has 2 amide bonds. The third-order valence-corrected chi connectivity index (χ3v) is 5.13. The molecule has 32 heavy (non-hydrogen) atoms. The van der Waals surface area contributed by atoms with Crippen molar-refractivity contribution >= 4 is 23.2 Å². The van der Waals surface area contributed by atoms with Crippen LogP contribution in [0.25, 0.3) is 0 Å². The Morgan fingerprint density at radius 2 is 1.59 bits per heavy atom. The topological polar surface area (TPSA) is 67.4 Å². The normalized spacial score (nSPS) is 13.0. The summed E-state index contributed by atoms with van der Waals surface area (Å²) in [5.41, 5.74) is 2.98. The van der Waals surface area contributed by atoms with Gasteiger partial charge >= 0.3 is 6.61 Å². The summed E-state index contributed by atoms with van der Waals surface area (Å²) >= 11 is 0. The molecule has 164 valence electrons. The molecule has 7 heteroatoms. The zero-order valence-electron chi connectivity index (χ0n) is 17.2. The van der Waals surface area contributed by atoms with E-state index in [2.05, 4.69) is 15.4 Å². The highest BCUT2D eigenvalue weighted by Crippen LogP contribution is 2.30. The second kappa shape index (κ2) is 9.60. The fourth-order valence-corrected chi connectivity index (χ4v) is 3.32. The average Bonchev–Trinajstić information content (AvgIpc) is 3.62. The molecule has 3 aromatic carbocycles. The van der Waals surface area contributed by atoms with Crippen LogP contribution in [-0.2, 0) is 11.2 Å². The third kappa shape index (κ3) is 5.69. The lowest BCUT2D eigenvalue weighted by Gasteiger charge is -2.14. The van der Waals surface area contributed by atoms with E-state index in [1.54, 1.807) is 30.3 Å². The molecule has 0 spiro atoms. The molecule has 1 saturated carbocycles. The van der Waals surface area contributed by atoms with E-state index >= 15 is 0 Å². The SMILES string of the molecule is O=C(Nc1ccc(OC(F)F)c(Cc2ccccc2)c1)c1ccc(NC(=O)C2CC2)cc1. The highest BCUT2D eigenvalue weighted by atomic mass is 19.3. The van der Waals surface area contributed by atoms with Gasteiger partial charge in [-0.2, -0.15) is 8.78 Å². The Hall–Kier alpha value is -3.74. The second-order valence-corrected chi connectivity index (χ2v) is 7.66. The first-order chi connectivity index (χ1) is 15.5. The number of amides is 2. The number of carbonyl (C=O) groups excluding carboxylic acids is 2. The molecular formula is C25H22F2N2O3. The van der Waals surface area contributed by atoms with Gasteiger partial charge in [0, 0.05) is 34.8 Å². The van der Waals surface area contributed by atoms with Crippen molar-refractivity contribution in [2.75, 3.05) is 10.6 Å². The van der Waals surface area contributed by atoms with Crippen molar-refractivity contribution in [1.82, 2.24) is 0 Å². The van der Waals surface area contributed by atoms with Crippen molar-refractivity contribution in [3.05, 3.63) is 89.5 Å². The van der Waals surface area contributed by atoms with E-state index in [1.165, 1.54) is 12.1 Å². The van der Waals surface area contributed by atoms with E-state index in [0.717, 1.165) is 18.4 Å². The maximum absolute atomic E-state index is 12.8. The number of halogens is 2. The number of hydrogen-bond acceptors (Lipinski definition) is 3. The van der Waals surface area contributed by atoms with Crippen LogP contribution in [0.5, 0.6) is 5.75 Å². The average molecular weight is 436 g/mol. The van der Waals surface area contributed by atoms with Crippen LogP contribution in [0.1, 0.15) is 34.3 Å². The van der Waals surface area contributed by atoms with Gasteiger partial charge in [0.1, 0.15) is 5.75 Å². The number of carbonyl (C=O) groups is 2. The van der Waals surface area contributed by atoms with E-state index in [4.69, 9.17) is 0 Å². The lowest BCUT2D eigenvalue weighted by atomic mass is 10.0. The molecule has 3 aromatic rings. The molecule has 2 N–H and O–H groups in total. The molecule has 0 unspecified atom stereocenters. The Morgan fingerprint density at radius 3 is 2.25 bits per heavy atom. The monoisotopic (exact) mass is 436 g/mol. The summed E-state index contributed by atoms with van der Waals surface area (Å²) in [5.74, 6) is -0.185. The van der Waals surface area contributed by atoms with Crippen LogP contribution in [0.4, 0.5) is 20.2 Å². The van der Waals surface area contributed by atoms with Gasteiger partial charge in [-0.15, -0.1) is 0 Å². The number of anilines is 2. The van der Waals surface area contributed by atoms with Gasteiger partial charge in [0.15, 0.2) is 0 Å². The van der Waals surface area contributed by atoms with Crippen molar-refractivity contribution in [1.29, 1.82) is 0 Å². The van der Waals surface area contributed by atoms with Gasteiger partial charge in [0.2, 0.25) is 5.91 Å². The van der Waals surface area contributed by atoms with Gasteiger partial charge in [-0.05, 0) is 60.9 Å². The molecule has 1 aliphatic carbocycles. The maximum atomic E-state index is 12.8. The minimum absolute atomic E-state index is 0.000691. The molecule has 0 aromatic heterocycles. The Morgan fingerprint density at radius 1 is 0.906 bits per heavy atom. The zero-order valence-corrected chi connectivity index (χ0v) is 17.2. The summed E-state index contributed by atoms with van der Waals surface area (Å²) in [6, 6.07) is 20.6. The van der Waals surface area contributed by atoms with Crippen molar-refractivity contribution in [3.8, 4) is 5.75 Å². The molecule has 0 bridgehead atoms. The fraction of sp³-hybridized carbons (Fsp3) is 0.200. The quantitative estimate of drug-likeness (QED) is 0.491. The second-order valence-electron chi connectivity index (χ2n) is 7.66. The highest BCUT2D eigenvalue weighted by molar-refractivity contribution is 6.04. The molecule has 0 saturated heterocycles. The lowest BCUT2D eigenvalue weighted by molar-refractivity contribution is -0.117. The van der Waals surface area contributed by atoms with Crippen LogP contribution in [0.15, 0.2) is 72.8 Å². The number of benzene rings is 3. The van der Waals surface area contributed by atoms with Crippen LogP contribution in [0, 0.1) is 5.92 Å². The van der Waals surface area contributed by atoms with E-state index in [0.29, 0.717) is 28.9 Å². The van der Waals surface area contributed by atoms with Gasteiger partial charge < -0.3 is 15.4 Å². The van der Waals surface area contributed by atoms with E-state index in [-0.39, 0.29) is 23.5 Å². The summed E-state index contributed by atoms with van der Waals surface area (Å²) in [7, 11) is 0. The first-order valence-corrected chi connectivity index (χ1v) is 10.3. The molecule has 0 aliphatic heterocycles. The predicted molar refractivity (Wildman–Crippen MR) is 118 cm³/mol. The Balaban J connectivity index is 1.47. The predicted octanol–water partition coefficient (Wildman–Crippen LogP) is 5.48. The molecule has 1 aliphatic rings. The van der Waals surface area contributed by atoms with Crippen LogP contribution in [0.2, 0.25) is 0 Å². The number of ether oxygens (including phenoxy) is 1. The van der Waals surface area contributed by atoms with E-state index in [1.807, 2.05) is 30.3 Å². The largest absolute Gasteiger partial charge is 0.435 e. The Labute approximate surface area is 184 Å². The first-order valence-electron chi connectivity index (χ1n) is 10.3. The standard InChI is InChI=1S/C25H22F2N2O3/c26-25(27)32-22-13-12-21(15-19(22)14-16-4-2-1-3-5-16)29-24(31)18-8-10-20(11-9-18)28-23(30)17-6-7-17/h1-5,8-13,15,17,25H,6-7,14H2,(H,28,30)(H,29,31). The molecule has 5 nitrogen and oxygen atoms in total. The number of rotatable bonds is 8. The maximum Gasteiger partial charge on any atom is 0.387 e. The van der Waals surface area contributed by atoms with E-state index in [9.17, 15) is 18.4 Å². The van der Waals surface area contributed by atoms with Gasteiger partial charge in [0.05, 0.1) is 0 Å². The third-order valence-electron chi connectivity index (χ3n) is 5.13. The summed E-state index contributed by atoms with van der Waals surface area (Å²) < 4.78 is 30.3. The summed E-state index contributed by atoms with van der Waals surface area (Å²) in [6.07, 6.45) is 2.21. The van der Waals surface area contributed by atoms with Gasteiger partial charge in [-0.25, -0.2) is 0 Å². The van der Waals surface area contributed by atoms with Crippen LogP contribution < -0.4 is 15.4 Å². The molecule has 0 atom stereocenters. The van der Waals surface area contributed by atoms with Gasteiger partial charge in [0.25, 0.3) is 5.91 Å². The van der Waals surface area contributed by atoms with Crippen LogP contribution in [0.3, 0.4) is 0 Å². The number of alkyl halides is 2. The van der Waals surface area contributed by atoms with E-state index < -0.39 is 6.61 Å². The summed E-state index contributed by atoms with van der Waals surface area (Å²) in [5, 5.41) is 5.61. The smallest absolute Gasteiger partial charge is 0.387 e. The highest BCUT2D eigenvalue weighted by Gasteiger charge is 2.29. The first kappa shape index (κ1) is 21.5. The molecule has 4 rings (SSSR count). The van der Waals surface area contributed by atoms with Crippen molar-refractivity contribution in [3.63, 3.8) is 0 Å². The minimum Gasteiger partial charge on any atom is -0.435 e. The number of nitrogens with one attached hydrogen (secondary N) is 2. The summed E-state index contributed by atoms with van der Waals surface area (Å²) in [6.45, 7) is -2.94. The Bertz CT molecular complexity index is 1100. The zero-order chi connectivity index (χ0) is 22.5. The molecule has 0 radical (unpaired) electrons. The van der Waals surface area contributed by atoms with Crippen molar-refractivity contribution in [2.24, 2.45) is 5.92 Å². The van der Waals surface area contributed by atoms with Crippen molar-refractivity contribution < 1.29 is 23.1 Å². The van der Waals surface area contributed by atoms with Crippen molar-refractivity contribution in [2.45, 2.75) is 25.9 Å². The Kier molecular flexibility index (Phi) is 6.44. The lowest BCUT2D eigenvalue weighted by Crippen LogP contribution is -2.14. The molecule has 0 heterocycles. The summed E-state index contributed by atoms with van der Waals surface area (Å²) in [4.78, 5) is 24.5. The molecular weight excluding hydrogens is 414 g/mol. The van der Waals surface area contributed by atoms with Crippen LogP contribution >= 0.6 is 0 Å².